The van der Waals surface area contributed by atoms with Crippen LogP contribution >= 0.6 is 33.9 Å². The number of hydrogen-bond donors (Lipinski definition) is 1. The molecule has 2 aromatic rings. The third-order valence-corrected chi connectivity index (χ3v) is 3.75. The van der Waals surface area contributed by atoms with E-state index in [-0.39, 0.29) is 0 Å². The highest BCUT2D eigenvalue weighted by Crippen LogP contribution is 2.24. The van der Waals surface area contributed by atoms with Gasteiger partial charge < -0.3 is 9.52 Å². The Morgan fingerprint density at radius 2 is 2.43 bits per heavy atom. The zero-order valence-electron chi connectivity index (χ0n) is 7.31. The van der Waals surface area contributed by atoms with E-state index < -0.39 is 6.10 Å². The molecule has 2 rings (SSSR count). The van der Waals surface area contributed by atoms with Gasteiger partial charge in [-0.05, 0) is 51.7 Å². The molecule has 0 spiro atoms. The molecule has 74 valence electrons. The van der Waals surface area contributed by atoms with E-state index in [1.165, 1.54) is 2.88 Å². The van der Waals surface area contributed by atoms with Gasteiger partial charge in [0.15, 0.2) is 0 Å². The van der Waals surface area contributed by atoms with Crippen molar-refractivity contribution in [3.8, 4) is 0 Å². The van der Waals surface area contributed by atoms with Gasteiger partial charge in [-0.3, -0.25) is 0 Å². The van der Waals surface area contributed by atoms with Gasteiger partial charge in [-0.25, -0.2) is 0 Å². The first-order chi connectivity index (χ1) is 6.75. The average Bonchev–Trinajstić information content (AvgIpc) is 2.75. The summed E-state index contributed by atoms with van der Waals surface area (Å²) in [7, 11) is 0. The Labute approximate surface area is 99.7 Å². The topological polar surface area (TPSA) is 33.4 Å². The van der Waals surface area contributed by atoms with E-state index in [4.69, 9.17) is 4.42 Å². The fourth-order valence-corrected chi connectivity index (χ4v) is 2.65. The normalized spacial score (nSPS) is 13.0. The highest BCUT2D eigenvalue weighted by atomic mass is 127. The summed E-state index contributed by atoms with van der Waals surface area (Å²) in [6.45, 7) is 0. The number of furan rings is 1. The van der Waals surface area contributed by atoms with Gasteiger partial charge in [0, 0.05) is 6.42 Å². The minimum absolute atomic E-state index is 0.457. The second-order valence-electron chi connectivity index (χ2n) is 2.98. The van der Waals surface area contributed by atoms with Crippen molar-refractivity contribution >= 4 is 33.9 Å². The maximum absolute atomic E-state index is 9.85. The average molecular weight is 320 g/mol. The Hall–Kier alpha value is -0.330. The molecule has 2 nitrogen and oxygen atoms in total. The largest absolute Gasteiger partial charge is 0.469 e. The van der Waals surface area contributed by atoms with Crippen LogP contribution in [0.5, 0.6) is 0 Å². The standard InChI is InChI=1S/C10H9IO2S/c11-10-4-7(6-14-10)9(12)5-8-2-1-3-13-8/h1-4,6,9,12H,5H2. The lowest BCUT2D eigenvalue weighted by Gasteiger charge is -2.05. The van der Waals surface area contributed by atoms with Crippen molar-refractivity contribution in [3.63, 3.8) is 0 Å². The van der Waals surface area contributed by atoms with Gasteiger partial charge in [-0.1, -0.05) is 0 Å². The molecule has 4 heteroatoms. The molecule has 0 aliphatic carbocycles. The lowest BCUT2D eigenvalue weighted by Crippen LogP contribution is -1.98. The molecule has 0 saturated heterocycles. The van der Waals surface area contributed by atoms with Gasteiger partial charge in [0.05, 0.1) is 15.3 Å². The van der Waals surface area contributed by atoms with E-state index in [1.807, 2.05) is 23.6 Å². The van der Waals surface area contributed by atoms with Crippen LogP contribution in [0.25, 0.3) is 0 Å². The minimum atomic E-state index is -0.457. The molecule has 0 aromatic carbocycles. The van der Waals surface area contributed by atoms with Crippen molar-refractivity contribution in [1.29, 1.82) is 0 Å². The van der Waals surface area contributed by atoms with Gasteiger partial charge in [0.1, 0.15) is 5.76 Å². The summed E-state index contributed by atoms with van der Waals surface area (Å²) in [5.41, 5.74) is 0.968. The third-order valence-electron chi connectivity index (χ3n) is 1.95. The van der Waals surface area contributed by atoms with E-state index in [0.717, 1.165) is 11.3 Å². The zero-order valence-corrected chi connectivity index (χ0v) is 10.3. The molecule has 2 aromatic heterocycles. The number of aliphatic hydroxyl groups is 1. The summed E-state index contributed by atoms with van der Waals surface area (Å²) in [4.78, 5) is 0. The van der Waals surface area contributed by atoms with Crippen LogP contribution in [-0.4, -0.2) is 5.11 Å². The Bertz CT molecular complexity index is 394. The Morgan fingerprint density at radius 1 is 1.57 bits per heavy atom. The summed E-state index contributed by atoms with van der Waals surface area (Å²) in [6, 6.07) is 5.71. The first-order valence-corrected chi connectivity index (χ1v) is 6.16. The summed E-state index contributed by atoms with van der Waals surface area (Å²) in [5, 5.41) is 11.8. The van der Waals surface area contributed by atoms with E-state index in [9.17, 15) is 5.11 Å². The Balaban J connectivity index is 2.06. The molecule has 0 aliphatic heterocycles. The number of hydrogen-bond acceptors (Lipinski definition) is 3. The number of thiophene rings is 1. The predicted molar refractivity (Wildman–Crippen MR) is 64.4 cm³/mol. The maximum Gasteiger partial charge on any atom is 0.106 e. The van der Waals surface area contributed by atoms with E-state index in [0.29, 0.717) is 6.42 Å². The van der Waals surface area contributed by atoms with Gasteiger partial charge >= 0.3 is 0 Å². The number of rotatable bonds is 3. The first-order valence-electron chi connectivity index (χ1n) is 4.20. The Morgan fingerprint density at radius 3 is 3.00 bits per heavy atom. The van der Waals surface area contributed by atoms with Crippen LogP contribution in [-0.2, 0) is 6.42 Å². The molecule has 0 saturated carbocycles. The summed E-state index contributed by atoms with van der Waals surface area (Å²) in [5.74, 6) is 0.818. The van der Waals surface area contributed by atoms with Gasteiger partial charge in [-0.15, -0.1) is 11.3 Å². The number of aliphatic hydroxyl groups excluding tert-OH is 1. The monoisotopic (exact) mass is 320 g/mol. The van der Waals surface area contributed by atoms with Gasteiger partial charge in [0.25, 0.3) is 0 Å². The van der Waals surface area contributed by atoms with Crippen molar-refractivity contribution in [2.75, 3.05) is 0 Å². The smallest absolute Gasteiger partial charge is 0.106 e. The highest BCUT2D eigenvalue weighted by molar-refractivity contribution is 14.1. The van der Waals surface area contributed by atoms with Crippen molar-refractivity contribution < 1.29 is 9.52 Å². The molecule has 14 heavy (non-hydrogen) atoms. The van der Waals surface area contributed by atoms with Crippen LogP contribution < -0.4 is 0 Å². The summed E-state index contributed by atoms with van der Waals surface area (Å²) in [6.07, 6.45) is 1.71. The fourth-order valence-electron chi connectivity index (χ4n) is 1.24. The molecular weight excluding hydrogens is 311 g/mol. The summed E-state index contributed by atoms with van der Waals surface area (Å²) >= 11 is 3.89. The molecule has 1 atom stereocenters. The zero-order chi connectivity index (χ0) is 9.97. The van der Waals surface area contributed by atoms with Crippen LogP contribution in [0.2, 0.25) is 0 Å². The molecule has 0 radical (unpaired) electrons. The van der Waals surface area contributed by atoms with Crippen LogP contribution in [0.1, 0.15) is 17.4 Å². The molecule has 0 bridgehead atoms. The van der Waals surface area contributed by atoms with Gasteiger partial charge in [-0.2, -0.15) is 0 Å². The minimum Gasteiger partial charge on any atom is -0.469 e. The van der Waals surface area contributed by atoms with Crippen molar-refractivity contribution in [3.05, 3.63) is 44.0 Å². The second kappa shape index (κ2) is 4.46. The fraction of sp³-hybridized carbons (Fsp3) is 0.200. The number of halogens is 1. The van der Waals surface area contributed by atoms with E-state index in [1.54, 1.807) is 17.6 Å². The molecule has 0 amide bonds. The first kappa shape index (κ1) is 10.2. The molecule has 0 aliphatic rings. The second-order valence-corrected chi connectivity index (χ2v) is 5.79. The highest BCUT2D eigenvalue weighted by Gasteiger charge is 2.11. The molecular formula is C10H9IO2S. The van der Waals surface area contributed by atoms with Crippen LogP contribution in [0.15, 0.2) is 34.3 Å². The van der Waals surface area contributed by atoms with Crippen LogP contribution in [0, 0.1) is 2.88 Å². The summed E-state index contributed by atoms with van der Waals surface area (Å²) < 4.78 is 6.36. The molecule has 1 unspecified atom stereocenters. The molecule has 1 N–H and O–H groups in total. The van der Waals surface area contributed by atoms with Crippen molar-refractivity contribution in [2.45, 2.75) is 12.5 Å². The van der Waals surface area contributed by atoms with E-state index >= 15 is 0 Å². The van der Waals surface area contributed by atoms with Crippen molar-refractivity contribution in [1.82, 2.24) is 0 Å². The SMILES string of the molecule is OC(Cc1ccco1)c1csc(I)c1. The Kier molecular flexibility index (Phi) is 3.25. The molecule has 0 fully saturated rings. The van der Waals surface area contributed by atoms with Crippen LogP contribution in [0.4, 0.5) is 0 Å². The lowest BCUT2D eigenvalue weighted by molar-refractivity contribution is 0.171. The van der Waals surface area contributed by atoms with E-state index in [2.05, 4.69) is 22.6 Å². The maximum atomic E-state index is 9.85. The molecule has 2 heterocycles. The predicted octanol–water partition coefficient (Wildman–Crippen LogP) is 3.22. The van der Waals surface area contributed by atoms with Crippen LogP contribution in [0.3, 0.4) is 0 Å². The quantitative estimate of drug-likeness (QED) is 0.881. The lowest BCUT2D eigenvalue weighted by atomic mass is 10.1. The van der Waals surface area contributed by atoms with Gasteiger partial charge in [0.2, 0.25) is 0 Å². The third kappa shape index (κ3) is 2.37. The van der Waals surface area contributed by atoms with Crippen molar-refractivity contribution in [2.24, 2.45) is 0 Å².